The van der Waals surface area contributed by atoms with E-state index in [0.717, 1.165) is 22.7 Å². The van der Waals surface area contributed by atoms with Crippen LogP contribution in [0.1, 0.15) is 5.56 Å². The lowest BCUT2D eigenvalue weighted by molar-refractivity contribution is 0.414. The van der Waals surface area contributed by atoms with Crippen LogP contribution in [0.5, 0.6) is 11.5 Å². The highest BCUT2D eigenvalue weighted by atomic mass is 35.5. The lowest BCUT2D eigenvalue weighted by atomic mass is 10.2. The molecule has 0 aliphatic rings. The van der Waals surface area contributed by atoms with Crippen LogP contribution in [0.2, 0.25) is 5.02 Å². The average Bonchev–Trinajstić information content (AvgIpc) is 2.47. The highest BCUT2D eigenvalue weighted by Crippen LogP contribution is 2.27. The molecule has 0 aliphatic heterocycles. The molecule has 2 aromatic rings. The summed E-state index contributed by atoms with van der Waals surface area (Å²) in [6.45, 7) is 0.691. The van der Waals surface area contributed by atoms with Crippen molar-refractivity contribution in [3.05, 3.63) is 53.1 Å². The van der Waals surface area contributed by atoms with E-state index < -0.39 is 0 Å². The van der Waals surface area contributed by atoms with E-state index in [2.05, 4.69) is 5.32 Å². The van der Waals surface area contributed by atoms with Crippen LogP contribution in [0.25, 0.3) is 0 Å². The molecule has 0 aliphatic carbocycles. The van der Waals surface area contributed by atoms with Crippen LogP contribution in [0.3, 0.4) is 0 Å². The van der Waals surface area contributed by atoms with Crippen molar-refractivity contribution in [3.8, 4) is 11.5 Å². The Morgan fingerprint density at radius 1 is 0.947 bits per heavy atom. The predicted octanol–water partition coefficient (Wildman–Crippen LogP) is 3.97. The second kappa shape index (κ2) is 6.34. The maximum Gasteiger partial charge on any atom is 0.121 e. The van der Waals surface area contributed by atoms with Crippen LogP contribution in [-0.4, -0.2) is 14.2 Å². The highest BCUT2D eigenvalue weighted by molar-refractivity contribution is 6.33. The molecule has 0 spiro atoms. The van der Waals surface area contributed by atoms with Crippen LogP contribution in [0, 0.1) is 0 Å². The van der Waals surface area contributed by atoms with Gasteiger partial charge in [-0.2, -0.15) is 0 Å². The van der Waals surface area contributed by atoms with E-state index in [1.54, 1.807) is 14.2 Å². The normalized spacial score (nSPS) is 10.1. The van der Waals surface area contributed by atoms with Gasteiger partial charge in [-0.15, -0.1) is 0 Å². The van der Waals surface area contributed by atoms with Gasteiger partial charge in [-0.25, -0.2) is 0 Å². The molecule has 19 heavy (non-hydrogen) atoms. The van der Waals surface area contributed by atoms with Crippen molar-refractivity contribution < 1.29 is 9.47 Å². The minimum absolute atomic E-state index is 0.675. The molecule has 0 radical (unpaired) electrons. The Kier molecular flexibility index (Phi) is 4.53. The van der Waals surface area contributed by atoms with Crippen molar-refractivity contribution >= 4 is 17.3 Å². The summed E-state index contributed by atoms with van der Waals surface area (Å²) in [4.78, 5) is 0. The van der Waals surface area contributed by atoms with Crippen LogP contribution in [-0.2, 0) is 6.54 Å². The Balaban J connectivity index is 2.05. The lowest BCUT2D eigenvalue weighted by Gasteiger charge is -2.10. The van der Waals surface area contributed by atoms with E-state index >= 15 is 0 Å². The summed E-state index contributed by atoms with van der Waals surface area (Å²) >= 11 is 6.13. The molecule has 1 N–H and O–H groups in total. The molecular weight excluding hydrogens is 262 g/mol. The monoisotopic (exact) mass is 277 g/mol. The van der Waals surface area contributed by atoms with Gasteiger partial charge in [0.1, 0.15) is 11.5 Å². The largest absolute Gasteiger partial charge is 0.497 e. The lowest BCUT2D eigenvalue weighted by Crippen LogP contribution is -2.00. The molecule has 0 saturated heterocycles. The van der Waals surface area contributed by atoms with Gasteiger partial charge in [0, 0.05) is 12.6 Å². The van der Waals surface area contributed by atoms with Crippen molar-refractivity contribution in [1.82, 2.24) is 0 Å². The molecule has 100 valence electrons. The molecule has 0 aromatic heterocycles. The fourth-order valence-electron chi connectivity index (χ4n) is 1.71. The summed E-state index contributed by atoms with van der Waals surface area (Å²) in [5.41, 5.74) is 2.01. The summed E-state index contributed by atoms with van der Waals surface area (Å²) in [6.07, 6.45) is 0. The maximum atomic E-state index is 6.13. The van der Waals surface area contributed by atoms with E-state index in [9.17, 15) is 0 Å². The van der Waals surface area contributed by atoms with Crippen molar-refractivity contribution in [2.24, 2.45) is 0 Å². The SMILES string of the molecule is COc1ccc(CNc2cc(OC)ccc2Cl)cc1. The van der Waals surface area contributed by atoms with Crippen LogP contribution in [0.15, 0.2) is 42.5 Å². The van der Waals surface area contributed by atoms with Gasteiger partial charge in [0.25, 0.3) is 0 Å². The van der Waals surface area contributed by atoms with Gasteiger partial charge in [-0.05, 0) is 29.8 Å². The molecule has 0 saturated carbocycles. The molecule has 0 unspecified atom stereocenters. The van der Waals surface area contributed by atoms with Crippen molar-refractivity contribution in [3.63, 3.8) is 0 Å². The number of hydrogen-bond donors (Lipinski definition) is 1. The second-order valence-corrected chi connectivity index (χ2v) is 4.45. The van der Waals surface area contributed by atoms with E-state index in [-0.39, 0.29) is 0 Å². The first-order valence-corrected chi connectivity index (χ1v) is 6.31. The summed E-state index contributed by atoms with van der Waals surface area (Å²) in [7, 11) is 3.29. The third-order valence-electron chi connectivity index (χ3n) is 2.82. The number of methoxy groups -OCH3 is 2. The van der Waals surface area contributed by atoms with Gasteiger partial charge < -0.3 is 14.8 Å². The molecule has 0 amide bonds. The smallest absolute Gasteiger partial charge is 0.121 e. The molecule has 0 bridgehead atoms. The molecule has 3 nitrogen and oxygen atoms in total. The maximum absolute atomic E-state index is 6.13. The summed E-state index contributed by atoms with van der Waals surface area (Å²) in [6, 6.07) is 13.4. The first-order chi connectivity index (χ1) is 9.22. The molecule has 4 heteroatoms. The Morgan fingerprint density at radius 3 is 2.21 bits per heavy atom. The number of nitrogens with one attached hydrogen (secondary N) is 1. The standard InChI is InChI=1S/C15H16ClNO2/c1-18-12-5-3-11(4-6-12)10-17-15-9-13(19-2)7-8-14(15)16/h3-9,17H,10H2,1-2H3. The quantitative estimate of drug-likeness (QED) is 0.897. The molecule has 0 atom stereocenters. The van der Waals surface area contributed by atoms with Gasteiger partial charge >= 0.3 is 0 Å². The van der Waals surface area contributed by atoms with E-state index in [0.29, 0.717) is 11.6 Å². The van der Waals surface area contributed by atoms with Crippen LogP contribution >= 0.6 is 11.6 Å². The highest BCUT2D eigenvalue weighted by Gasteiger charge is 2.02. The molecule has 0 heterocycles. The zero-order valence-corrected chi connectivity index (χ0v) is 11.7. The number of halogens is 1. The number of anilines is 1. The Labute approximate surface area is 118 Å². The van der Waals surface area contributed by atoms with Gasteiger partial charge in [-0.3, -0.25) is 0 Å². The molecule has 0 fully saturated rings. The first kappa shape index (κ1) is 13.6. The first-order valence-electron chi connectivity index (χ1n) is 5.93. The Morgan fingerprint density at radius 2 is 1.58 bits per heavy atom. The summed E-state index contributed by atoms with van der Waals surface area (Å²) in [5.74, 6) is 1.63. The summed E-state index contributed by atoms with van der Waals surface area (Å²) in [5, 5.41) is 3.96. The number of ether oxygens (including phenoxy) is 2. The van der Waals surface area contributed by atoms with Crippen LogP contribution in [0.4, 0.5) is 5.69 Å². The van der Waals surface area contributed by atoms with Crippen molar-refractivity contribution in [2.45, 2.75) is 6.54 Å². The molecule has 2 aromatic carbocycles. The zero-order chi connectivity index (χ0) is 13.7. The Bertz CT molecular complexity index is 540. The van der Waals surface area contributed by atoms with Gasteiger partial charge in [0.05, 0.1) is 24.9 Å². The van der Waals surface area contributed by atoms with E-state index in [4.69, 9.17) is 21.1 Å². The van der Waals surface area contributed by atoms with E-state index in [1.165, 1.54) is 0 Å². The second-order valence-electron chi connectivity index (χ2n) is 4.05. The number of benzene rings is 2. The number of rotatable bonds is 5. The number of hydrogen-bond acceptors (Lipinski definition) is 3. The third kappa shape index (κ3) is 3.55. The minimum Gasteiger partial charge on any atom is -0.497 e. The predicted molar refractivity (Wildman–Crippen MR) is 78.3 cm³/mol. The fraction of sp³-hybridized carbons (Fsp3) is 0.200. The minimum atomic E-state index is 0.675. The van der Waals surface area contributed by atoms with Gasteiger partial charge in [-0.1, -0.05) is 23.7 Å². The Hall–Kier alpha value is -1.87. The molecule has 2 rings (SSSR count). The van der Waals surface area contributed by atoms with E-state index in [1.807, 2.05) is 42.5 Å². The zero-order valence-electron chi connectivity index (χ0n) is 10.9. The average molecular weight is 278 g/mol. The topological polar surface area (TPSA) is 30.5 Å². The van der Waals surface area contributed by atoms with Crippen LogP contribution < -0.4 is 14.8 Å². The van der Waals surface area contributed by atoms with Gasteiger partial charge in [0.2, 0.25) is 0 Å². The van der Waals surface area contributed by atoms with Gasteiger partial charge in [0.15, 0.2) is 0 Å². The fourth-order valence-corrected chi connectivity index (χ4v) is 1.89. The molecular formula is C15H16ClNO2. The van der Waals surface area contributed by atoms with Crippen molar-refractivity contribution in [2.75, 3.05) is 19.5 Å². The van der Waals surface area contributed by atoms with Crippen molar-refractivity contribution in [1.29, 1.82) is 0 Å². The third-order valence-corrected chi connectivity index (χ3v) is 3.15. The summed E-state index contributed by atoms with van der Waals surface area (Å²) < 4.78 is 10.3.